The van der Waals surface area contributed by atoms with Crippen molar-refractivity contribution in [1.82, 2.24) is 5.32 Å². The van der Waals surface area contributed by atoms with Gasteiger partial charge in [-0.2, -0.15) is 0 Å². The highest BCUT2D eigenvalue weighted by Crippen LogP contribution is 2.68. The second-order valence-electron chi connectivity index (χ2n) is 6.37. The maximum absolute atomic E-state index is 12.1. The van der Waals surface area contributed by atoms with Crippen LogP contribution in [0.1, 0.15) is 47.5 Å². The molecule has 0 saturated heterocycles. The van der Waals surface area contributed by atoms with Crippen molar-refractivity contribution in [3.05, 3.63) is 0 Å². The molecule has 1 saturated carbocycles. The van der Waals surface area contributed by atoms with Gasteiger partial charge in [0.25, 0.3) is 0 Å². The summed E-state index contributed by atoms with van der Waals surface area (Å²) in [5, 5.41) is 3.09. The molecule has 1 N–H and O–H groups in total. The molecule has 0 spiro atoms. The van der Waals surface area contributed by atoms with Crippen LogP contribution in [0.2, 0.25) is 0 Å². The van der Waals surface area contributed by atoms with Crippen molar-refractivity contribution in [1.29, 1.82) is 0 Å². The molecule has 1 rings (SSSR count). The summed E-state index contributed by atoms with van der Waals surface area (Å²) in [4.78, 5) is 12.1. The van der Waals surface area contributed by atoms with E-state index in [1.54, 1.807) is 0 Å². The van der Waals surface area contributed by atoms with Gasteiger partial charge in [-0.1, -0.05) is 41.0 Å². The largest absolute Gasteiger partial charge is 0.356 e. The lowest BCUT2D eigenvalue weighted by atomic mass is 10.0. The van der Waals surface area contributed by atoms with Crippen LogP contribution in [0.5, 0.6) is 0 Å². The standard InChI is InChI=1S/C14H26ClNO/c1-6-10(7-8-15)9-16-12(17)11-13(2,3)14(11,4)5/h10-11H,6-9H2,1-5H3,(H,16,17). The van der Waals surface area contributed by atoms with Crippen LogP contribution >= 0.6 is 11.6 Å². The minimum Gasteiger partial charge on any atom is -0.356 e. The summed E-state index contributed by atoms with van der Waals surface area (Å²) < 4.78 is 0. The van der Waals surface area contributed by atoms with Crippen molar-refractivity contribution >= 4 is 17.5 Å². The molecule has 0 aromatic carbocycles. The summed E-state index contributed by atoms with van der Waals surface area (Å²) in [6, 6.07) is 0. The minimum absolute atomic E-state index is 0.130. The molecule has 0 heterocycles. The van der Waals surface area contributed by atoms with Crippen molar-refractivity contribution in [3.8, 4) is 0 Å². The van der Waals surface area contributed by atoms with E-state index in [2.05, 4.69) is 39.9 Å². The molecule has 100 valence electrons. The van der Waals surface area contributed by atoms with Crippen molar-refractivity contribution in [2.24, 2.45) is 22.7 Å². The van der Waals surface area contributed by atoms with E-state index in [0.717, 1.165) is 19.4 Å². The molecule has 1 aliphatic carbocycles. The van der Waals surface area contributed by atoms with Crippen molar-refractivity contribution < 1.29 is 4.79 Å². The zero-order chi connectivity index (χ0) is 13.3. The highest BCUT2D eigenvalue weighted by molar-refractivity contribution is 6.17. The van der Waals surface area contributed by atoms with Crippen molar-refractivity contribution in [2.75, 3.05) is 12.4 Å². The van der Waals surface area contributed by atoms with Gasteiger partial charge < -0.3 is 5.32 Å². The summed E-state index contributed by atoms with van der Waals surface area (Å²) in [6.07, 6.45) is 2.06. The number of carbonyl (C=O) groups is 1. The Morgan fingerprint density at radius 1 is 1.29 bits per heavy atom. The van der Waals surface area contributed by atoms with Crippen LogP contribution in [-0.2, 0) is 4.79 Å². The van der Waals surface area contributed by atoms with Gasteiger partial charge in [0.15, 0.2) is 0 Å². The molecule has 0 radical (unpaired) electrons. The third-order valence-corrected chi connectivity index (χ3v) is 5.16. The number of hydrogen-bond acceptors (Lipinski definition) is 1. The van der Waals surface area contributed by atoms with Gasteiger partial charge in [-0.3, -0.25) is 4.79 Å². The molecule has 0 aromatic rings. The summed E-state index contributed by atoms with van der Waals surface area (Å²) in [5.41, 5.74) is 0.260. The Morgan fingerprint density at radius 2 is 1.82 bits per heavy atom. The fourth-order valence-electron chi connectivity index (χ4n) is 2.80. The Hall–Kier alpha value is -0.240. The van der Waals surface area contributed by atoms with E-state index in [0.29, 0.717) is 11.8 Å². The van der Waals surface area contributed by atoms with Gasteiger partial charge in [0.2, 0.25) is 5.91 Å². The topological polar surface area (TPSA) is 29.1 Å². The zero-order valence-corrected chi connectivity index (χ0v) is 12.5. The van der Waals surface area contributed by atoms with Crippen LogP contribution < -0.4 is 5.32 Å². The van der Waals surface area contributed by atoms with Crippen LogP contribution in [0.3, 0.4) is 0 Å². The van der Waals surface area contributed by atoms with E-state index in [4.69, 9.17) is 11.6 Å². The predicted molar refractivity (Wildman–Crippen MR) is 73.2 cm³/mol. The molecule has 2 nitrogen and oxygen atoms in total. The molecule has 0 aromatic heterocycles. The van der Waals surface area contributed by atoms with Crippen LogP contribution in [0, 0.1) is 22.7 Å². The maximum atomic E-state index is 12.1. The van der Waals surface area contributed by atoms with Crippen molar-refractivity contribution in [2.45, 2.75) is 47.5 Å². The van der Waals surface area contributed by atoms with E-state index >= 15 is 0 Å². The van der Waals surface area contributed by atoms with Gasteiger partial charge in [-0.25, -0.2) is 0 Å². The molecule has 0 bridgehead atoms. The normalized spacial score (nSPS) is 23.2. The Kier molecular flexibility index (Phi) is 4.51. The molecule has 1 unspecified atom stereocenters. The summed E-state index contributed by atoms with van der Waals surface area (Å²) in [6.45, 7) is 11.6. The average Bonchev–Trinajstić information content (AvgIpc) is 2.64. The molecule has 1 aliphatic rings. The van der Waals surface area contributed by atoms with Crippen molar-refractivity contribution in [3.63, 3.8) is 0 Å². The monoisotopic (exact) mass is 259 g/mol. The van der Waals surface area contributed by atoms with Gasteiger partial charge in [0, 0.05) is 18.3 Å². The third kappa shape index (κ3) is 2.78. The first-order chi connectivity index (χ1) is 7.79. The first-order valence-corrected chi connectivity index (χ1v) is 7.16. The fourth-order valence-corrected chi connectivity index (χ4v) is 3.11. The Labute approximate surface area is 110 Å². The lowest BCUT2D eigenvalue weighted by Crippen LogP contribution is -2.32. The zero-order valence-electron chi connectivity index (χ0n) is 11.8. The lowest BCUT2D eigenvalue weighted by molar-refractivity contribution is -0.123. The highest BCUT2D eigenvalue weighted by atomic mass is 35.5. The summed E-state index contributed by atoms with van der Waals surface area (Å²) in [5.74, 6) is 1.56. The van der Waals surface area contributed by atoms with E-state index < -0.39 is 0 Å². The highest BCUT2D eigenvalue weighted by Gasteiger charge is 2.68. The molecule has 17 heavy (non-hydrogen) atoms. The minimum atomic E-state index is 0.130. The molecular formula is C14H26ClNO. The Morgan fingerprint density at radius 3 is 2.18 bits per heavy atom. The molecule has 3 heteroatoms. The number of nitrogens with one attached hydrogen (secondary N) is 1. The van der Waals surface area contributed by atoms with Crippen LogP contribution in [-0.4, -0.2) is 18.3 Å². The second kappa shape index (κ2) is 5.17. The molecule has 0 aliphatic heterocycles. The number of hydrogen-bond donors (Lipinski definition) is 1. The van der Waals surface area contributed by atoms with Gasteiger partial charge in [-0.05, 0) is 23.2 Å². The number of halogens is 1. The average molecular weight is 260 g/mol. The number of amides is 1. The van der Waals surface area contributed by atoms with E-state index in [1.165, 1.54) is 0 Å². The first kappa shape index (κ1) is 14.8. The molecule has 1 atom stereocenters. The first-order valence-electron chi connectivity index (χ1n) is 6.62. The number of carbonyl (C=O) groups excluding carboxylic acids is 1. The maximum Gasteiger partial charge on any atom is 0.224 e. The SMILES string of the molecule is CCC(CCCl)CNC(=O)C1C(C)(C)C1(C)C. The number of rotatable bonds is 6. The molecule has 1 amide bonds. The quantitative estimate of drug-likeness (QED) is 0.728. The van der Waals surface area contributed by atoms with E-state index in [9.17, 15) is 4.79 Å². The lowest BCUT2D eigenvalue weighted by Gasteiger charge is -2.14. The van der Waals surface area contributed by atoms with Crippen LogP contribution in [0.15, 0.2) is 0 Å². The Balaban J connectivity index is 2.42. The summed E-state index contributed by atoms with van der Waals surface area (Å²) in [7, 11) is 0. The molecular weight excluding hydrogens is 234 g/mol. The van der Waals surface area contributed by atoms with E-state index in [1.807, 2.05) is 0 Å². The van der Waals surface area contributed by atoms with Crippen LogP contribution in [0.4, 0.5) is 0 Å². The summed E-state index contributed by atoms with van der Waals surface area (Å²) >= 11 is 5.74. The van der Waals surface area contributed by atoms with Gasteiger partial charge in [0.1, 0.15) is 0 Å². The van der Waals surface area contributed by atoms with Gasteiger partial charge >= 0.3 is 0 Å². The smallest absolute Gasteiger partial charge is 0.224 e. The predicted octanol–water partition coefficient (Wildman–Crippen LogP) is 3.44. The fraction of sp³-hybridized carbons (Fsp3) is 0.929. The Bertz CT molecular complexity index is 272. The third-order valence-electron chi connectivity index (χ3n) is 4.94. The molecule has 1 fully saturated rings. The van der Waals surface area contributed by atoms with E-state index in [-0.39, 0.29) is 22.7 Å². The second-order valence-corrected chi connectivity index (χ2v) is 6.75. The van der Waals surface area contributed by atoms with Gasteiger partial charge in [0.05, 0.1) is 0 Å². The number of alkyl halides is 1. The van der Waals surface area contributed by atoms with Crippen LogP contribution in [0.25, 0.3) is 0 Å². The van der Waals surface area contributed by atoms with Gasteiger partial charge in [-0.15, -0.1) is 11.6 Å².